The van der Waals surface area contributed by atoms with Crippen molar-refractivity contribution >= 4 is 33.5 Å². The van der Waals surface area contributed by atoms with Crippen LogP contribution in [0.15, 0.2) is 53.5 Å². The molecule has 0 atom stereocenters. The summed E-state index contributed by atoms with van der Waals surface area (Å²) in [4.78, 5) is 16.9. The predicted octanol–water partition coefficient (Wildman–Crippen LogP) is 3.40. The molecule has 0 N–H and O–H groups in total. The lowest BCUT2D eigenvalue weighted by atomic mass is 10.2. The number of halogens is 1. The molecule has 4 rings (SSSR count). The van der Waals surface area contributed by atoms with Crippen molar-refractivity contribution in [1.82, 2.24) is 14.1 Å². The first-order valence-corrected chi connectivity index (χ1v) is 7.65. The summed E-state index contributed by atoms with van der Waals surface area (Å²) in [6.45, 7) is 0. The van der Waals surface area contributed by atoms with Gasteiger partial charge in [-0.2, -0.15) is 5.26 Å². The summed E-state index contributed by atoms with van der Waals surface area (Å²) in [6, 6.07) is 14.8. The molecular formula is C18H11ClN4O. The highest BCUT2D eigenvalue weighted by Gasteiger charge is 2.17. The zero-order chi connectivity index (χ0) is 16.8. The molecule has 0 unspecified atom stereocenters. The summed E-state index contributed by atoms with van der Waals surface area (Å²) in [5, 5.41) is 10.6. The summed E-state index contributed by atoms with van der Waals surface area (Å²) in [7, 11) is 1.92. The second-order valence-corrected chi connectivity index (χ2v) is 5.85. The van der Waals surface area contributed by atoms with E-state index in [1.807, 2.05) is 41.9 Å². The molecule has 116 valence electrons. The molecule has 6 heteroatoms. The number of benzene rings is 1. The van der Waals surface area contributed by atoms with Crippen molar-refractivity contribution in [3.05, 3.63) is 69.7 Å². The standard InChI is InChI=1S/C18H11ClN4O/c1-22-14-5-3-2-4-13(14)17-15(22)8-11(9-20)18(24)23(17)12-6-7-16(19)21-10-12/h2-8,10H,1H3. The van der Waals surface area contributed by atoms with Crippen LogP contribution in [0.5, 0.6) is 0 Å². The number of fused-ring (bicyclic) bond motifs is 3. The van der Waals surface area contributed by atoms with E-state index >= 15 is 0 Å². The highest BCUT2D eigenvalue weighted by atomic mass is 35.5. The first-order valence-electron chi connectivity index (χ1n) is 7.27. The van der Waals surface area contributed by atoms with Gasteiger partial charge in [-0.15, -0.1) is 0 Å². The average molecular weight is 335 g/mol. The number of hydrogen-bond acceptors (Lipinski definition) is 3. The summed E-state index contributed by atoms with van der Waals surface area (Å²) < 4.78 is 3.50. The van der Waals surface area contributed by atoms with Crippen LogP contribution in [0.25, 0.3) is 27.6 Å². The van der Waals surface area contributed by atoms with Gasteiger partial charge in [-0.1, -0.05) is 29.8 Å². The number of para-hydroxylation sites is 1. The van der Waals surface area contributed by atoms with Gasteiger partial charge in [0.05, 0.1) is 28.4 Å². The van der Waals surface area contributed by atoms with Gasteiger partial charge in [0.15, 0.2) is 0 Å². The van der Waals surface area contributed by atoms with Crippen LogP contribution in [0.2, 0.25) is 5.15 Å². The molecule has 0 aliphatic carbocycles. The maximum Gasteiger partial charge on any atom is 0.273 e. The third-order valence-corrected chi connectivity index (χ3v) is 4.38. The van der Waals surface area contributed by atoms with E-state index in [9.17, 15) is 10.1 Å². The highest BCUT2D eigenvalue weighted by molar-refractivity contribution is 6.29. The second kappa shape index (κ2) is 5.22. The Morgan fingerprint density at radius 3 is 2.67 bits per heavy atom. The van der Waals surface area contributed by atoms with E-state index in [2.05, 4.69) is 4.98 Å². The lowest BCUT2D eigenvalue weighted by Crippen LogP contribution is -2.21. The average Bonchev–Trinajstić information content (AvgIpc) is 2.88. The normalized spacial score (nSPS) is 11.0. The zero-order valence-corrected chi connectivity index (χ0v) is 13.4. The largest absolute Gasteiger partial charge is 0.342 e. The Morgan fingerprint density at radius 1 is 1.17 bits per heavy atom. The van der Waals surface area contributed by atoms with Crippen LogP contribution >= 0.6 is 11.6 Å². The summed E-state index contributed by atoms with van der Waals surface area (Å²) >= 11 is 5.86. The van der Waals surface area contributed by atoms with Crippen molar-refractivity contribution in [2.45, 2.75) is 0 Å². The van der Waals surface area contributed by atoms with Crippen molar-refractivity contribution in [3.63, 3.8) is 0 Å². The molecule has 0 spiro atoms. The molecule has 0 fully saturated rings. The minimum atomic E-state index is -0.370. The molecule has 0 aliphatic rings. The van der Waals surface area contributed by atoms with E-state index < -0.39 is 0 Å². The Labute approximate surface area is 142 Å². The fourth-order valence-corrected chi connectivity index (χ4v) is 3.15. The lowest BCUT2D eigenvalue weighted by Gasteiger charge is -2.09. The van der Waals surface area contributed by atoms with Gasteiger partial charge in [-0.05, 0) is 24.3 Å². The summed E-state index contributed by atoms with van der Waals surface area (Å²) in [6.07, 6.45) is 1.53. The van der Waals surface area contributed by atoms with Crippen LogP contribution in [0.4, 0.5) is 0 Å². The van der Waals surface area contributed by atoms with Crippen molar-refractivity contribution < 1.29 is 0 Å². The van der Waals surface area contributed by atoms with Gasteiger partial charge < -0.3 is 4.57 Å². The van der Waals surface area contributed by atoms with Gasteiger partial charge in [0.1, 0.15) is 16.8 Å². The van der Waals surface area contributed by atoms with Crippen LogP contribution < -0.4 is 5.56 Å². The first kappa shape index (κ1) is 14.5. The van der Waals surface area contributed by atoms with E-state index in [-0.39, 0.29) is 11.1 Å². The molecule has 5 nitrogen and oxygen atoms in total. The lowest BCUT2D eigenvalue weighted by molar-refractivity contribution is 0.986. The number of aryl methyl sites for hydroxylation is 1. The highest BCUT2D eigenvalue weighted by Crippen LogP contribution is 2.29. The topological polar surface area (TPSA) is 63.6 Å². The fraction of sp³-hybridized carbons (Fsp3) is 0.0556. The number of pyridine rings is 2. The van der Waals surface area contributed by atoms with E-state index in [0.29, 0.717) is 10.8 Å². The smallest absolute Gasteiger partial charge is 0.273 e. The molecule has 0 radical (unpaired) electrons. The SMILES string of the molecule is Cn1c2ccccc2c2c1cc(C#N)c(=O)n2-c1ccc(Cl)nc1. The van der Waals surface area contributed by atoms with Crippen molar-refractivity contribution in [1.29, 1.82) is 5.26 Å². The van der Waals surface area contributed by atoms with E-state index in [4.69, 9.17) is 11.6 Å². The summed E-state index contributed by atoms with van der Waals surface area (Å²) in [5.41, 5.74) is 2.83. The van der Waals surface area contributed by atoms with E-state index in [1.165, 1.54) is 10.8 Å². The van der Waals surface area contributed by atoms with Crippen molar-refractivity contribution in [2.75, 3.05) is 0 Å². The van der Waals surface area contributed by atoms with Crippen molar-refractivity contribution in [3.8, 4) is 11.8 Å². The van der Waals surface area contributed by atoms with Crippen LogP contribution in [-0.2, 0) is 7.05 Å². The molecule has 1 aromatic carbocycles. The predicted molar refractivity (Wildman–Crippen MR) is 93.5 cm³/mol. The fourth-order valence-electron chi connectivity index (χ4n) is 3.04. The van der Waals surface area contributed by atoms with Crippen LogP contribution in [0.1, 0.15) is 5.56 Å². The molecule has 4 aromatic rings. The second-order valence-electron chi connectivity index (χ2n) is 5.46. The van der Waals surface area contributed by atoms with Gasteiger partial charge in [0.2, 0.25) is 0 Å². The minimum Gasteiger partial charge on any atom is -0.342 e. The molecule has 0 saturated carbocycles. The quantitative estimate of drug-likeness (QED) is 0.501. The van der Waals surface area contributed by atoms with Gasteiger partial charge in [-0.3, -0.25) is 9.36 Å². The van der Waals surface area contributed by atoms with Crippen LogP contribution in [0, 0.1) is 11.3 Å². The molecule has 24 heavy (non-hydrogen) atoms. The maximum atomic E-state index is 12.8. The Balaban J connectivity index is 2.28. The molecule has 0 saturated heterocycles. The first-order chi connectivity index (χ1) is 11.6. The Kier molecular flexibility index (Phi) is 3.15. The number of nitriles is 1. The number of rotatable bonds is 1. The summed E-state index contributed by atoms with van der Waals surface area (Å²) in [5.74, 6) is 0. The zero-order valence-electron chi connectivity index (χ0n) is 12.7. The number of nitrogens with zero attached hydrogens (tertiary/aromatic N) is 4. The van der Waals surface area contributed by atoms with Crippen molar-refractivity contribution in [2.24, 2.45) is 7.05 Å². The molecule has 0 amide bonds. The van der Waals surface area contributed by atoms with Gasteiger partial charge in [0.25, 0.3) is 5.56 Å². The van der Waals surface area contributed by atoms with Gasteiger partial charge >= 0.3 is 0 Å². The Hall–Kier alpha value is -3.10. The maximum absolute atomic E-state index is 12.8. The minimum absolute atomic E-state index is 0.0864. The van der Waals surface area contributed by atoms with E-state index in [0.717, 1.165) is 21.9 Å². The van der Waals surface area contributed by atoms with Crippen LogP contribution in [-0.4, -0.2) is 14.1 Å². The van der Waals surface area contributed by atoms with Gasteiger partial charge in [0, 0.05) is 12.4 Å². The monoisotopic (exact) mass is 334 g/mol. The number of aromatic nitrogens is 3. The Bertz CT molecular complexity index is 1200. The Morgan fingerprint density at radius 2 is 1.96 bits per heavy atom. The van der Waals surface area contributed by atoms with E-state index in [1.54, 1.807) is 18.2 Å². The third-order valence-electron chi connectivity index (χ3n) is 4.15. The van der Waals surface area contributed by atoms with Crippen LogP contribution in [0.3, 0.4) is 0 Å². The molecule has 0 bridgehead atoms. The third kappa shape index (κ3) is 1.94. The molecular weight excluding hydrogens is 324 g/mol. The number of hydrogen-bond donors (Lipinski definition) is 0. The molecule has 0 aliphatic heterocycles. The molecule has 3 heterocycles. The van der Waals surface area contributed by atoms with Gasteiger partial charge in [-0.25, -0.2) is 4.98 Å². The molecule has 3 aromatic heterocycles.